The minimum absolute atomic E-state index is 0.0720. The Kier molecular flexibility index (Phi) is 6.62. The molecule has 11 nitrogen and oxygen atoms in total. The molecule has 0 aliphatic heterocycles. The first-order valence-electron chi connectivity index (χ1n) is 8.50. The standard InChI is InChI=1S/C18H13ClN6O5S/c1-10-2-5-12(6-3-10)31-18-15(25(29)30)16(20-9-21-18)22-23-17(26)11-4-7-13(19)14(8-11)24(27)28/h2-9H,1H3,(H,23,26)(H,20,21,22). The number of carbonyl (C=O) groups is 1. The second-order valence-corrected chi connectivity index (χ2v) is 7.52. The lowest BCUT2D eigenvalue weighted by Crippen LogP contribution is -2.30. The van der Waals surface area contributed by atoms with Crippen molar-refractivity contribution in [3.63, 3.8) is 0 Å². The molecule has 3 rings (SSSR count). The molecule has 158 valence electrons. The van der Waals surface area contributed by atoms with Crippen LogP contribution in [0.1, 0.15) is 15.9 Å². The maximum Gasteiger partial charge on any atom is 0.345 e. The molecule has 2 aromatic carbocycles. The third-order valence-electron chi connectivity index (χ3n) is 3.91. The first-order valence-corrected chi connectivity index (χ1v) is 9.70. The van der Waals surface area contributed by atoms with Crippen molar-refractivity contribution >= 4 is 46.5 Å². The van der Waals surface area contributed by atoms with E-state index in [1.54, 1.807) is 12.1 Å². The second-order valence-electron chi connectivity index (χ2n) is 6.05. The van der Waals surface area contributed by atoms with Gasteiger partial charge in [0, 0.05) is 16.5 Å². The number of anilines is 1. The third kappa shape index (κ3) is 5.24. The van der Waals surface area contributed by atoms with Gasteiger partial charge in [0.15, 0.2) is 5.03 Å². The van der Waals surface area contributed by atoms with Crippen molar-refractivity contribution in [3.8, 4) is 0 Å². The van der Waals surface area contributed by atoms with Gasteiger partial charge in [-0.1, -0.05) is 41.1 Å². The Labute approximate surface area is 184 Å². The molecule has 2 N–H and O–H groups in total. The molecule has 0 fully saturated rings. The molecular weight excluding hydrogens is 448 g/mol. The molecule has 0 saturated heterocycles. The van der Waals surface area contributed by atoms with Crippen LogP contribution in [0.5, 0.6) is 0 Å². The van der Waals surface area contributed by atoms with Crippen molar-refractivity contribution in [2.45, 2.75) is 16.8 Å². The summed E-state index contributed by atoms with van der Waals surface area (Å²) in [5.74, 6) is -1.02. The second kappa shape index (κ2) is 9.36. The maximum absolute atomic E-state index is 12.3. The van der Waals surface area contributed by atoms with Gasteiger partial charge in [-0.05, 0) is 31.2 Å². The van der Waals surface area contributed by atoms with Crippen LogP contribution in [-0.2, 0) is 0 Å². The number of benzene rings is 2. The number of hydrazine groups is 1. The first-order chi connectivity index (χ1) is 14.8. The number of rotatable bonds is 7. The highest BCUT2D eigenvalue weighted by molar-refractivity contribution is 7.99. The van der Waals surface area contributed by atoms with Crippen molar-refractivity contribution in [3.05, 3.63) is 85.2 Å². The molecule has 1 aromatic heterocycles. The Morgan fingerprint density at radius 2 is 1.77 bits per heavy atom. The van der Waals surface area contributed by atoms with E-state index >= 15 is 0 Å². The summed E-state index contributed by atoms with van der Waals surface area (Å²) in [7, 11) is 0. The van der Waals surface area contributed by atoms with Gasteiger partial charge in [-0.15, -0.1) is 0 Å². The topological polar surface area (TPSA) is 153 Å². The van der Waals surface area contributed by atoms with E-state index in [9.17, 15) is 25.0 Å². The first kappa shape index (κ1) is 21.9. The zero-order valence-corrected chi connectivity index (χ0v) is 17.3. The number of nitro benzene ring substituents is 1. The molecule has 13 heteroatoms. The zero-order chi connectivity index (χ0) is 22.5. The Balaban J connectivity index is 1.82. The Morgan fingerprint density at radius 1 is 1.06 bits per heavy atom. The van der Waals surface area contributed by atoms with Crippen LogP contribution in [-0.4, -0.2) is 25.7 Å². The lowest BCUT2D eigenvalue weighted by Gasteiger charge is -2.10. The lowest BCUT2D eigenvalue weighted by molar-refractivity contribution is -0.387. The van der Waals surface area contributed by atoms with Gasteiger partial charge >= 0.3 is 5.69 Å². The Morgan fingerprint density at radius 3 is 2.42 bits per heavy atom. The van der Waals surface area contributed by atoms with Gasteiger partial charge in [0.1, 0.15) is 11.3 Å². The number of nitrogens with one attached hydrogen (secondary N) is 2. The molecule has 0 unspecified atom stereocenters. The molecule has 0 saturated carbocycles. The highest BCUT2D eigenvalue weighted by Gasteiger charge is 2.24. The number of aryl methyl sites for hydroxylation is 1. The molecule has 0 bridgehead atoms. The van der Waals surface area contributed by atoms with Crippen LogP contribution in [0.4, 0.5) is 17.2 Å². The largest absolute Gasteiger partial charge is 0.345 e. The van der Waals surface area contributed by atoms with Crippen LogP contribution < -0.4 is 10.9 Å². The van der Waals surface area contributed by atoms with E-state index in [1.807, 2.05) is 19.1 Å². The summed E-state index contributed by atoms with van der Waals surface area (Å²) in [4.78, 5) is 42.1. The Hall–Kier alpha value is -3.77. The van der Waals surface area contributed by atoms with Gasteiger partial charge in [-0.2, -0.15) is 0 Å². The van der Waals surface area contributed by atoms with E-state index < -0.39 is 27.1 Å². The predicted molar refractivity (Wildman–Crippen MR) is 113 cm³/mol. The molecule has 1 amide bonds. The molecule has 1 heterocycles. The quantitative estimate of drug-likeness (QED) is 0.300. The number of hydrogen-bond acceptors (Lipinski definition) is 9. The average Bonchev–Trinajstić information content (AvgIpc) is 2.73. The number of amides is 1. The van der Waals surface area contributed by atoms with E-state index in [0.717, 1.165) is 34.6 Å². The number of carbonyl (C=O) groups excluding carboxylic acids is 1. The summed E-state index contributed by atoms with van der Waals surface area (Å²) in [5.41, 5.74) is 4.70. The van der Waals surface area contributed by atoms with Gasteiger partial charge in [0.25, 0.3) is 11.6 Å². The fourth-order valence-electron chi connectivity index (χ4n) is 2.39. The molecule has 0 atom stereocenters. The van der Waals surface area contributed by atoms with Gasteiger partial charge in [-0.3, -0.25) is 35.9 Å². The zero-order valence-electron chi connectivity index (χ0n) is 15.7. The molecule has 31 heavy (non-hydrogen) atoms. The number of nitrogens with zero attached hydrogens (tertiary/aromatic N) is 4. The van der Waals surface area contributed by atoms with E-state index in [-0.39, 0.29) is 21.4 Å². The fourth-order valence-corrected chi connectivity index (χ4v) is 3.44. The van der Waals surface area contributed by atoms with Gasteiger partial charge < -0.3 is 0 Å². The monoisotopic (exact) mass is 460 g/mol. The van der Waals surface area contributed by atoms with Crippen molar-refractivity contribution in [2.75, 3.05) is 5.43 Å². The minimum Gasteiger partial charge on any atom is -0.276 e. The number of aromatic nitrogens is 2. The molecule has 3 aromatic rings. The van der Waals surface area contributed by atoms with Crippen LogP contribution in [0.3, 0.4) is 0 Å². The summed E-state index contributed by atoms with van der Waals surface area (Å²) in [6.45, 7) is 1.92. The lowest BCUT2D eigenvalue weighted by atomic mass is 10.2. The van der Waals surface area contributed by atoms with Gasteiger partial charge in [0.2, 0.25) is 5.82 Å². The van der Waals surface area contributed by atoms with Crippen LogP contribution >= 0.6 is 23.4 Å². The van der Waals surface area contributed by atoms with Crippen molar-refractivity contribution in [1.29, 1.82) is 0 Å². The van der Waals surface area contributed by atoms with Gasteiger partial charge in [0.05, 0.1) is 9.85 Å². The normalized spacial score (nSPS) is 10.4. The number of hydrogen-bond donors (Lipinski definition) is 2. The maximum atomic E-state index is 12.3. The summed E-state index contributed by atoms with van der Waals surface area (Å²) in [6, 6.07) is 10.8. The van der Waals surface area contributed by atoms with Crippen LogP contribution in [0.2, 0.25) is 5.02 Å². The van der Waals surface area contributed by atoms with Crippen LogP contribution in [0, 0.1) is 27.2 Å². The highest BCUT2D eigenvalue weighted by atomic mass is 35.5. The molecule has 0 radical (unpaired) electrons. The van der Waals surface area contributed by atoms with Crippen LogP contribution in [0.15, 0.2) is 58.7 Å². The predicted octanol–water partition coefficient (Wildman–Crippen LogP) is 4.16. The van der Waals surface area contributed by atoms with E-state index in [4.69, 9.17) is 11.6 Å². The van der Waals surface area contributed by atoms with Crippen molar-refractivity contribution in [2.24, 2.45) is 0 Å². The van der Waals surface area contributed by atoms with E-state index in [0.29, 0.717) is 0 Å². The summed E-state index contributed by atoms with van der Waals surface area (Å²) in [5, 5.41) is 22.6. The SMILES string of the molecule is Cc1ccc(Sc2ncnc(NNC(=O)c3ccc(Cl)c([N+](=O)[O-])c3)c2[N+](=O)[O-])cc1. The summed E-state index contributed by atoms with van der Waals surface area (Å²) < 4.78 is 0. The highest BCUT2D eigenvalue weighted by Crippen LogP contribution is 2.36. The third-order valence-corrected chi connectivity index (χ3v) is 5.23. The average molecular weight is 461 g/mol. The molecule has 0 aliphatic carbocycles. The Bertz CT molecular complexity index is 1170. The van der Waals surface area contributed by atoms with E-state index in [1.165, 1.54) is 12.1 Å². The number of halogens is 1. The smallest absolute Gasteiger partial charge is 0.276 e. The molecular formula is C18H13ClN6O5S. The minimum atomic E-state index is -0.777. The number of nitro groups is 2. The molecule has 0 spiro atoms. The van der Waals surface area contributed by atoms with E-state index in [2.05, 4.69) is 20.8 Å². The fraction of sp³-hybridized carbons (Fsp3) is 0.0556. The van der Waals surface area contributed by atoms with Crippen LogP contribution in [0.25, 0.3) is 0 Å². The van der Waals surface area contributed by atoms with Crippen molar-refractivity contribution < 1.29 is 14.6 Å². The summed E-state index contributed by atoms with van der Waals surface area (Å²) in [6.07, 6.45) is 1.12. The van der Waals surface area contributed by atoms with Crippen molar-refractivity contribution in [1.82, 2.24) is 15.4 Å². The summed E-state index contributed by atoms with van der Waals surface area (Å²) >= 11 is 6.80. The molecule has 0 aliphatic rings. The van der Waals surface area contributed by atoms with Gasteiger partial charge in [-0.25, -0.2) is 9.97 Å².